The third-order valence-electron chi connectivity index (χ3n) is 6.31. The van der Waals surface area contributed by atoms with Crippen LogP contribution in [-0.4, -0.2) is 37.8 Å². The van der Waals surface area contributed by atoms with Crippen molar-refractivity contribution >= 4 is 22.6 Å². The maximum atomic E-state index is 13.5. The Labute approximate surface area is 207 Å². The summed E-state index contributed by atoms with van der Waals surface area (Å²) in [6.45, 7) is 3.36. The van der Waals surface area contributed by atoms with Crippen molar-refractivity contribution in [1.82, 2.24) is 30.3 Å². The van der Waals surface area contributed by atoms with Crippen LogP contribution in [0.5, 0.6) is 11.5 Å². The van der Waals surface area contributed by atoms with Crippen molar-refractivity contribution < 1.29 is 14.3 Å². The zero-order valence-corrected chi connectivity index (χ0v) is 19.7. The average Bonchev–Trinajstić information content (AvgIpc) is 3.57. The maximum absolute atomic E-state index is 13.5. The molecular weight excluding hydrogens is 456 g/mol. The summed E-state index contributed by atoms with van der Waals surface area (Å²) in [5.74, 6) is 1.39. The van der Waals surface area contributed by atoms with E-state index in [1.165, 1.54) is 0 Å². The van der Waals surface area contributed by atoms with Crippen LogP contribution in [0.3, 0.4) is 0 Å². The molecule has 5 aromatic rings. The van der Waals surface area contributed by atoms with Gasteiger partial charge in [-0.1, -0.05) is 54.6 Å². The maximum Gasteiger partial charge on any atom is 0.318 e. The highest BCUT2D eigenvalue weighted by Gasteiger charge is 2.21. The molecule has 9 heteroatoms. The molecule has 3 heterocycles. The van der Waals surface area contributed by atoms with E-state index in [4.69, 9.17) is 9.47 Å². The molecule has 2 aromatic heterocycles. The van der Waals surface area contributed by atoms with E-state index < -0.39 is 0 Å². The van der Waals surface area contributed by atoms with Gasteiger partial charge in [-0.2, -0.15) is 4.52 Å². The molecule has 1 aliphatic rings. The number of hydrogen-bond donors (Lipinski definition) is 1. The standard InChI is InChI=1S/C27H24N6O3/c1-18-6-5-9-21-13-22(26-29-30-31-33(26)25(18)21)16-32(27(34)28-14-19-7-3-2-4-8-19)15-20-10-11-23-24(12-20)36-17-35-23/h2-13H,14-17H2,1H3,(H,28,34). The Bertz CT molecular complexity index is 1570. The average molecular weight is 481 g/mol. The van der Waals surface area contributed by atoms with Gasteiger partial charge in [0.1, 0.15) is 0 Å². The number of para-hydroxylation sites is 1. The molecule has 9 nitrogen and oxygen atoms in total. The van der Waals surface area contributed by atoms with Gasteiger partial charge in [-0.05, 0) is 52.2 Å². The van der Waals surface area contributed by atoms with Gasteiger partial charge in [0.05, 0.1) is 12.1 Å². The Balaban J connectivity index is 1.34. The summed E-state index contributed by atoms with van der Waals surface area (Å²) < 4.78 is 12.7. The molecule has 0 aliphatic carbocycles. The lowest BCUT2D eigenvalue weighted by atomic mass is 10.1. The highest BCUT2D eigenvalue weighted by molar-refractivity contribution is 5.86. The number of ether oxygens (including phenoxy) is 2. The predicted molar refractivity (Wildman–Crippen MR) is 134 cm³/mol. The van der Waals surface area contributed by atoms with Crippen LogP contribution in [0.15, 0.2) is 72.8 Å². The van der Waals surface area contributed by atoms with Crippen LogP contribution in [0.2, 0.25) is 0 Å². The fraction of sp³-hybridized carbons (Fsp3) is 0.185. The lowest BCUT2D eigenvalue weighted by Crippen LogP contribution is -2.38. The summed E-state index contributed by atoms with van der Waals surface area (Å²) >= 11 is 0. The van der Waals surface area contributed by atoms with Gasteiger partial charge in [-0.25, -0.2) is 4.79 Å². The number of nitrogens with zero attached hydrogens (tertiary/aromatic N) is 5. The van der Waals surface area contributed by atoms with Crippen LogP contribution in [0.25, 0.3) is 16.6 Å². The summed E-state index contributed by atoms with van der Waals surface area (Å²) in [4.78, 5) is 15.2. The van der Waals surface area contributed by atoms with Gasteiger partial charge in [0.15, 0.2) is 17.1 Å². The highest BCUT2D eigenvalue weighted by atomic mass is 16.7. The van der Waals surface area contributed by atoms with E-state index in [2.05, 4.69) is 26.9 Å². The lowest BCUT2D eigenvalue weighted by Gasteiger charge is -2.24. The molecule has 0 fully saturated rings. The number of rotatable bonds is 6. The minimum Gasteiger partial charge on any atom is -0.454 e. The summed E-state index contributed by atoms with van der Waals surface area (Å²) in [7, 11) is 0. The minimum atomic E-state index is -0.188. The molecule has 0 atom stereocenters. The number of amides is 2. The summed E-state index contributed by atoms with van der Waals surface area (Å²) in [6, 6.07) is 23.5. The molecule has 1 aliphatic heterocycles. The Hall–Kier alpha value is -4.66. The number of aryl methyl sites for hydroxylation is 1. The van der Waals surface area contributed by atoms with Crippen molar-refractivity contribution in [2.75, 3.05) is 6.79 Å². The molecule has 0 bridgehead atoms. The number of carbonyl (C=O) groups is 1. The Morgan fingerprint density at radius 3 is 2.72 bits per heavy atom. The molecule has 0 saturated carbocycles. The molecule has 0 unspecified atom stereocenters. The number of carbonyl (C=O) groups excluding carboxylic acids is 1. The molecule has 1 N–H and O–H groups in total. The predicted octanol–water partition coefficient (Wildman–Crippen LogP) is 4.23. The number of aromatic nitrogens is 4. The van der Waals surface area contributed by atoms with Gasteiger partial charge in [-0.3, -0.25) is 0 Å². The van der Waals surface area contributed by atoms with Gasteiger partial charge >= 0.3 is 6.03 Å². The van der Waals surface area contributed by atoms with Crippen LogP contribution >= 0.6 is 0 Å². The lowest BCUT2D eigenvalue weighted by molar-refractivity contribution is 0.173. The zero-order valence-electron chi connectivity index (χ0n) is 19.7. The molecule has 3 aromatic carbocycles. The van der Waals surface area contributed by atoms with E-state index >= 15 is 0 Å². The normalized spacial score (nSPS) is 12.2. The number of nitrogens with one attached hydrogen (secondary N) is 1. The van der Waals surface area contributed by atoms with Crippen molar-refractivity contribution in [3.8, 4) is 11.5 Å². The van der Waals surface area contributed by atoms with E-state index in [0.717, 1.165) is 33.2 Å². The summed E-state index contributed by atoms with van der Waals surface area (Å²) in [5.41, 5.74) is 5.48. The summed E-state index contributed by atoms with van der Waals surface area (Å²) in [5, 5.41) is 16.5. The third-order valence-corrected chi connectivity index (χ3v) is 6.31. The largest absolute Gasteiger partial charge is 0.454 e. The van der Waals surface area contributed by atoms with Gasteiger partial charge in [-0.15, -0.1) is 5.10 Å². The second-order valence-electron chi connectivity index (χ2n) is 8.78. The molecule has 180 valence electrons. The van der Waals surface area contributed by atoms with E-state index in [-0.39, 0.29) is 12.8 Å². The first-order chi connectivity index (χ1) is 17.7. The van der Waals surface area contributed by atoms with Gasteiger partial charge in [0.25, 0.3) is 0 Å². The Morgan fingerprint density at radius 1 is 0.972 bits per heavy atom. The number of urea groups is 1. The fourth-order valence-electron chi connectivity index (χ4n) is 4.54. The fourth-order valence-corrected chi connectivity index (χ4v) is 4.54. The van der Waals surface area contributed by atoms with Crippen LogP contribution in [0, 0.1) is 6.92 Å². The number of pyridine rings is 1. The van der Waals surface area contributed by atoms with Crippen molar-refractivity contribution in [2.24, 2.45) is 0 Å². The van der Waals surface area contributed by atoms with Crippen molar-refractivity contribution in [3.05, 3.63) is 95.1 Å². The topological polar surface area (TPSA) is 93.9 Å². The van der Waals surface area contributed by atoms with Gasteiger partial charge in [0.2, 0.25) is 6.79 Å². The second-order valence-corrected chi connectivity index (χ2v) is 8.78. The van der Waals surface area contributed by atoms with Gasteiger partial charge in [0, 0.05) is 24.0 Å². The summed E-state index contributed by atoms with van der Waals surface area (Å²) in [6.07, 6.45) is 0. The number of benzene rings is 3. The molecule has 0 saturated heterocycles. The first-order valence-electron chi connectivity index (χ1n) is 11.7. The minimum absolute atomic E-state index is 0.188. The number of hydrogen-bond acceptors (Lipinski definition) is 6. The van der Waals surface area contributed by atoms with Crippen molar-refractivity contribution in [2.45, 2.75) is 26.6 Å². The second kappa shape index (κ2) is 9.18. The van der Waals surface area contributed by atoms with Crippen LogP contribution in [0.4, 0.5) is 4.79 Å². The third kappa shape index (κ3) is 4.15. The molecule has 36 heavy (non-hydrogen) atoms. The van der Waals surface area contributed by atoms with Gasteiger partial charge < -0.3 is 19.7 Å². The monoisotopic (exact) mass is 480 g/mol. The molecular formula is C27H24N6O3. The Morgan fingerprint density at radius 2 is 1.83 bits per heavy atom. The smallest absolute Gasteiger partial charge is 0.318 e. The first kappa shape index (κ1) is 21.8. The van der Waals surface area contributed by atoms with E-state index in [1.54, 1.807) is 9.42 Å². The van der Waals surface area contributed by atoms with E-state index in [0.29, 0.717) is 36.8 Å². The van der Waals surface area contributed by atoms with Crippen molar-refractivity contribution in [1.29, 1.82) is 0 Å². The first-order valence-corrected chi connectivity index (χ1v) is 11.7. The molecule has 0 spiro atoms. The van der Waals surface area contributed by atoms with Crippen LogP contribution in [0.1, 0.15) is 22.3 Å². The van der Waals surface area contributed by atoms with Crippen molar-refractivity contribution in [3.63, 3.8) is 0 Å². The SMILES string of the molecule is Cc1cccc2cc(CN(Cc3ccc4c(c3)OCO4)C(=O)NCc3ccccc3)c3nnnn3c12. The Kier molecular flexibility index (Phi) is 5.57. The van der Waals surface area contributed by atoms with E-state index in [1.807, 2.05) is 73.7 Å². The van der Waals surface area contributed by atoms with Crippen LogP contribution < -0.4 is 14.8 Å². The zero-order chi connectivity index (χ0) is 24.5. The molecule has 0 radical (unpaired) electrons. The van der Waals surface area contributed by atoms with Crippen LogP contribution in [-0.2, 0) is 19.6 Å². The molecule has 2 amide bonds. The highest BCUT2D eigenvalue weighted by Crippen LogP contribution is 2.33. The molecule has 6 rings (SSSR count). The number of tetrazole rings is 1. The number of fused-ring (bicyclic) bond motifs is 4. The quantitative estimate of drug-likeness (QED) is 0.391. The van der Waals surface area contributed by atoms with E-state index in [9.17, 15) is 4.79 Å².